The molecule has 3 nitrogen and oxygen atoms in total. The molecule has 0 saturated heterocycles. The van der Waals surface area contributed by atoms with Crippen LogP contribution in [0.5, 0.6) is 5.75 Å². The summed E-state index contributed by atoms with van der Waals surface area (Å²) in [5, 5.41) is 0. The lowest BCUT2D eigenvalue weighted by molar-refractivity contribution is 0.172. The van der Waals surface area contributed by atoms with Crippen LogP contribution >= 0.6 is 0 Å². The van der Waals surface area contributed by atoms with Gasteiger partial charge in [0.15, 0.2) is 0 Å². The maximum absolute atomic E-state index is 11.3. The quantitative estimate of drug-likeness (QED) is 0.767. The molecule has 0 aliphatic rings. The van der Waals surface area contributed by atoms with Crippen molar-refractivity contribution in [1.82, 2.24) is 4.90 Å². The molecule has 0 aromatic heterocycles. The van der Waals surface area contributed by atoms with E-state index in [2.05, 4.69) is 13.8 Å². The second-order valence-electron chi connectivity index (χ2n) is 4.44. The van der Waals surface area contributed by atoms with E-state index in [1.54, 1.807) is 14.1 Å². The summed E-state index contributed by atoms with van der Waals surface area (Å²) in [6.45, 7) is 6.32. The summed E-state index contributed by atoms with van der Waals surface area (Å²) in [6.07, 6.45) is -0.350. The standard InChI is InChI=1S/C13H19NO2/c1-9(2)12-7-6-11(8-10(12)3)16-13(15)14(4)5/h6-9H,1-5H3. The fourth-order valence-electron chi connectivity index (χ4n) is 1.55. The largest absolute Gasteiger partial charge is 0.414 e. The van der Waals surface area contributed by atoms with E-state index in [4.69, 9.17) is 4.74 Å². The Kier molecular flexibility index (Phi) is 3.93. The lowest BCUT2D eigenvalue weighted by Crippen LogP contribution is -2.25. The summed E-state index contributed by atoms with van der Waals surface area (Å²) < 4.78 is 5.18. The minimum Gasteiger partial charge on any atom is -0.410 e. The molecule has 0 unspecified atom stereocenters. The predicted molar refractivity (Wildman–Crippen MR) is 65.0 cm³/mol. The normalized spacial score (nSPS) is 10.4. The summed E-state index contributed by atoms with van der Waals surface area (Å²) >= 11 is 0. The van der Waals surface area contributed by atoms with E-state index < -0.39 is 0 Å². The van der Waals surface area contributed by atoms with E-state index in [1.165, 1.54) is 10.5 Å². The van der Waals surface area contributed by atoms with Crippen LogP contribution in [0, 0.1) is 6.92 Å². The van der Waals surface area contributed by atoms with E-state index in [-0.39, 0.29) is 6.09 Å². The second kappa shape index (κ2) is 5.01. The smallest absolute Gasteiger partial charge is 0.410 e. The van der Waals surface area contributed by atoms with Gasteiger partial charge in [-0.1, -0.05) is 19.9 Å². The monoisotopic (exact) mass is 221 g/mol. The Morgan fingerprint density at radius 3 is 2.38 bits per heavy atom. The molecule has 1 aromatic carbocycles. The second-order valence-corrected chi connectivity index (χ2v) is 4.44. The fraction of sp³-hybridized carbons (Fsp3) is 0.462. The lowest BCUT2D eigenvalue weighted by atomic mass is 9.98. The summed E-state index contributed by atoms with van der Waals surface area (Å²) in [5.74, 6) is 1.08. The van der Waals surface area contributed by atoms with Crippen LogP contribution in [-0.4, -0.2) is 25.1 Å². The summed E-state index contributed by atoms with van der Waals surface area (Å²) in [5.41, 5.74) is 2.43. The van der Waals surface area contributed by atoms with Gasteiger partial charge in [0.1, 0.15) is 5.75 Å². The number of ether oxygens (including phenoxy) is 1. The molecule has 0 aliphatic carbocycles. The predicted octanol–water partition coefficient (Wildman–Crippen LogP) is 3.18. The molecular weight excluding hydrogens is 202 g/mol. The maximum Gasteiger partial charge on any atom is 0.414 e. The highest BCUT2D eigenvalue weighted by molar-refractivity contribution is 5.70. The van der Waals surface area contributed by atoms with E-state index in [9.17, 15) is 4.79 Å². The molecular formula is C13H19NO2. The van der Waals surface area contributed by atoms with Gasteiger partial charge in [-0.05, 0) is 36.1 Å². The van der Waals surface area contributed by atoms with Crippen LogP contribution in [0.15, 0.2) is 18.2 Å². The van der Waals surface area contributed by atoms with Gasteiger partial charge in [-0.15, -0.1) is 0 Å². The number of hydrogen-bond donors (Lipinski definition) is 0. The number of carbonyl (C=O) groups excluding carboxylic acids is 1. The molecule has 0 atom stereocenters. The number of rotatable bonds is 2. The van der Waals surface area contributed by atoms with Crippen LogP contribution in [0.25, 0.3) is 0 Å². The van der Waals surface area contributed by atoms with Gasteiger partial charge >= 0.3 is 6.09 Å². The zero-order valence-corrected chi connectivity index (χ0v) is 10.6. The van der Waals surface area contributed by atoms with E-state index in [0.29, 0.717) is 11.7 Å². The highest BCUT2D eigenvalue weighted by Crippen LogP contribution is 2.23. The Balaban J connectivity index is 2.85. The molecule has 0 heterocycles. The first-order valence-electron chi connectivity index (χ1n) is 5.41. The van der Waals surface area contributed by atoms with Crippen LogP contribution in [-0.2, 0) is 0 Å². The molecule has 0 aliphatic heterocycles. The van der Waals surface area contributed by atoms with Gasteiger partial charge in [0.2, 0.25) is 0 Å². The number of amides is 1. The third kappa shape index (κ3) is 2.99. The van der Waals surface area contributed by atoms with Crippen LogP contribution in [0.2, 0.25) is 0 Å². The Bertz CT molecular complexity index is 384. The zero-order valence-electron chi connectivity index (χ0n) is 10.6. The van der Waals surface area contributed by atoms with Crippen LogP contribution in [0.4, 0.5) is 4.79 Å². The number of nitrogens with zero attached hydrogens (tertiary/aromatic N) is 1. The molecule has 1 aromatic rings. The minimum atomic E-state index is -0.350. The Labute approximate surface area is 97.0 Å². The first kappa shape index (κ1) is 12.6. The summed E-state index contributed by atoms with van der Waals surface area (Å²) in [7, 11) is 3.33. The Morgan fingerprint density at radius 2 is 1.94 bits per heavy atom. The van der Waals surface area contributed by atoms with Crippen molar-refractivity contribution in [2.45, 2.75) is 26.7 Å². The maximum atomic E-state index is 11.3. The van der Waals surface area contributed by atoms with Crippen molar-refractivity contribution in [3.63, 3.8) is 0 Å². The number of carbonyl (C=O) groups is 1. The zero-order chi connectivity index (χ0) is 12.3. The van der Waals surface area contributed by atoms with Gasteiger partial charge in [0.25, 0.3) is 0 Å². The Morgan fingerprint density at radius 1 is 1.31 bits per heavy atom. The molecule has 0 fully saturated rings. The van der Waals surface area contributed by atoms with Gasteiger partial charge < -0.3 is 9.64 Å². The van der Waals surface area contributed by atoms with Crippen LogP contribution in [0.3, 0.4) is 0 Å². The molecule has 0 saturated carbocycles. The number of aryl methyl sites for hydroxylation is 1. The SMILES string of the molecule is Cc1cc(OC(=O)N(C)C)ccc1C(C)C. The Hall–Kier alpha value is -1.51. The first-order valence-corrected chi connectivity index (χ1v) is 5.41. The van der Waals surface area contributed by atoms with Crippen molar-refractivity contribution >= 4 is 6.09 Å². The minimum absolute atomic E-state index is 0.350. The van der Waals surface area contributed by atoms with E-state index in [1.807, 2.05) is 25.1 Å². The van der Waals surface area contributed by atoms with Gasteiger partial charge in [0.05, 0.1) is 0 Å². The van der Waals surface area contributed by atoms with Crippen LogP contribution in [0.1, 0.15) is 30.9 Å². The van der Waals surface area contributed by atoms with Crippen molar-refractivity contribution in [2.24, 2.45) is 0 Å². The molecule has 88 valence electrons. The van der Waals surface area contributed by atoms with Gasteiger partial charge in [-0.25, -0.2) is 4.79 Å². The molecule has 0 spiro atoms. The molecule has 1 amide bonds. The molecule has 0 radical (unpaired) electrons. The fourth-order valence-corrected chi connectivity index (χ4v) is 1.55. The van der Waals surface area contributed by atoms with Crippen molar-refractivity contribution < 1.29 is 9.53 Å². The molecule has 1 rings (SSSR count). The topological polar surface area (TPSA) is 29.5 Å². The lowest BCUT2D eigenvalue weighted by Gasteiger charge is -2.13. The first-order chi connectivity index (χ1) is 7.41. The molecule has 0 N–H and O–H groups in total. The van der Waals surface area contributed by atoms with Crippen molar-refractivity contribution in [3.8, 4) is 5.75 Å². The molecule has 3 heteroatoms. The third-order valence-electron chi connectivity index (χ3n) is 2.43. The van der Waals surface area contributed by atoms with Crippen molar-refractivity contribution in [3.05, 3.63) is 29.3 Å². The van der Waals surface area contributed by atoms with Gasteiger partial charge in [-0.2, -0.15) is 0 Å². The third-order valence-corrected chi connectivity index (χ3v) is 2.43. The van der Waals surface area contributed by atoms with E-state index >= 15 is 0 Å². The van der Waals surface area contributed by atoms with Gasteiger partial charge in [0, 0.05) is 14.1 Å². The van der Waals surface area contributed by atoms with Gasteiger partial charge in [-0.3, -0.25) is 0 Å². The van der Waals surface area contributed by atoms with Crippen molar-refractivity contribution in [1.29, 1.82) is 0 Å². The molecule has 0 bridgehead atoms. The average Bonchev–Trinajstić information content (AvgIpc) is 2.16. The summed E-state index contributed by atoms with van der Waals surface area (Å²) in [6, 6.07) is 5.75. The number of hydrogen-bond acceptors (Lipinski definition) is 2. The van der Waals surface area contributed by atoms with Crippen molar-refractivity contribution in [2.75, 3.05) is 14.1 Å². The van der Waals surface area contributed by atoms with Crippen LogP contribution < -0.4 is 4.74 Å². The van der Waals surface area contributed by atoms with E-state index in [0.717, 1.165) is 5.56 Å². The summed E-state index contributed by atoms with van der Waals surface area (Å²) in [4.78, 5) is 12.8. The highest BCUT2D eigenvalue weighted by atomic mass is 16.6. The highest BCUT2D eigenvalue weighted by Gasteiger charge is 2.09. The number of benzene rings is 1. The molecule has 16 heavy (non-hydrogen) atoms. The average molecular weight is 221 g/mol.